The Morgan fingerprint density at radius 1 is 1.14 bits per heavy atom. The quantitative estimate of drug-likeness (QED) is 0.705. The smallest absolute Gasteiger partial charge is 0.261 e. The van der Waals surface area contributed by atoms with Crippen molar-refractivity contribution >= 4 is 21.6 Å². The lowest BCUT2D eigenvalue weighted by atomic mass is 10.1. The van der Waals surface area contributed by atoms with Crippen LogP contribution >= 0.6 is 15.9 Å². The molecule has 3 aromatic rings. The van der Waals surface area contributed by atoms with Gasteiger partial charge in [0, 0.05) is 15.7 Å². The molecule has 2 N–H and O–H groups in total. The van der Waals surface area contributed by atoms with Gasteiger partial charge in [0.05, 0.1) is 5.56 Å². The van der Waals surface area contributed by atoms with Crippen LogP contribution in [0.4, 0.5) is 10.1 Å². The molecule has 0 atom stereocenters. The maximum Gasteiger partial charge on any atom is 0.261 e. The molecule has 0 spiro atoms. The molecule has 1 aromatic heterocycles. The van der Waals surface area contributed by atoms with Gasteiger partial charge in [-0.2, -0.15) is 4.98 Å². The summed E-state index contributed by atoms with van der Waals surface area (Å²) in [6.45, 7) is 1.94. The van der Waals surface area contributed by atoms with Crippen LogP contribution in [0.25, 0.3) is 22.8 Å². The molecule has 0 saturated carbocycles. The van der Waals surface area contributed by atoms with Crippen LogP contribution in [0.1, 0.15) is 5.56 Å². The molecule has 2 aromatic carbocycles. The van der Waals surface area contributed by atoms with E-state index in [1.54, 1.807) is 0 Å². The van der Waals surface area contributed by atoms with E-state index in [0.717, 1.165) is 15.6 Å². The Labute approximate surface area is 128 Å². The molecule has 0 bridgehead atoms. The molecule has 1 heterocycles. The van der Waals surface area contributed by atoms with E-state index in [1.165, 1.54) is 18.2 Å². The van der Waals surface area contributed by atoms with E-state index >= 15 is 0 Å². The lowest BCUT2D eigenvalue weighted by Gasteiger charge is -2.01. The predicted molar refractivity (Wildman–Crippen MR) is 82.0 cm³/mol. The second-order valence-electron chi connectivity index (χ2n) is 4.62. The van der Waals surface area contributed by atoms with Gasteiger partial charge in [-0.25, -0.2) is 4.39 Å². The van der Waals surface area contributed by atoms with Gasteiger partial charge in [-0.1, -0.05) is 21.1 Å². The van der Waals surface area contributed by atoms with Gasteiger partial charge in [-0.15, -0.1) is 0 Å². The minimum absolute atomic E-state index is 0.108. The third-order valence-electron chi connectivity index (χ3n) is 3.08. The van der Waals surface area contributed by atoms with Crippen molar-refractivity contribution in [2.24, 2.45) is 0 Å². The Balaban J connectivity index is 2.06. The highest BCUT2D eigenvalue weighted by atomic mass is 79.9. The van der Waals surface area contributed by atoms with E-state index in [2.05, 4.69) is 26.1 Å². The minimum atomic E-state index is -0.452. The number of nitrogen functional groups attached to an aromatic ring is 1. The zero-order valence-corrected chi connectivity index (χ0v) is 12.7. The Kier molecular flexibility index (Phi) is 3.47. The molecule has 4 nitrogen and oxygen atoms in total. The number of rotatable bonds is 2. The maximum absolute atomic E-state index is 13.8. The largest absolute Gasteiger partial charge is 0.399 e. The SMILES string of the molecule is Cc1cc(Br)ccc1-c1noc(-c2cc(N)ccc2F)n1. The van der Waals surface area contributed by atoms with Crippen LogP contribution in [-0.2, 0) is 0 Å². The van der Waals surface area contributed by atoms with Crippen LogP contribution in [0.15, 0.2) is 45.4 Å². The Morgan fingerprint density at radius 3 is 2.71 bits per heavy atom. The van der Waals surface area contributed by atoms with Crippen LogP contribution in [-0.4, -0.2) is 10.1 Å². The number of aryl methyl sites for hydroxylation is 1. The summed E-state index contributed by atoms with van der Waals surface area (Å²) < 4.78 is 19.9. The number of anilines is 1. The van der Waals surface area contributed by atoms with Gasteiger partial charge in [0.25, 0.3) is 5.89 Å². The second kappa shape index (κ2) is 5.29. The number of halogens is 2. The zero-order chi connectivity index (χ0) is 15.0. The number of nitrogens with zero attached hydrogens (tertiary/aromatic N) is 2. The first kappa shape index (κ1) is 13.8. The standard InChI is InChI=1S/C15H11BrFN3O/c1-8-6-9(16)2-4-11(8)14-19-15(21-20-14)12-7-10(18)3-5-13(12)17/h2-7H,18H2,1H3. The van der Waals surface area contributed by atoms with E-state index in [-0.39, 0.29) is 11.5 Å². The monoisotopic (exact) mass is 347 g/mol. The molecule has 21 heavy (non-hydrogen) atoms. The average Bonchev–Trinajstić information content (AvgIpc) is 2.91. The predicted octanol–water partition coefficient (Wildman–Crippen LogP) is 4.20. The minimum Gasteiger partial charge on any atom is -0.399 e. The van der Waals surface area contributed by atoms with E-state index in [1.807, 2.05) is 25.1 Å². The normalized spacial score (nSPS) is 10.8. The van der Waals surface area contributed by atoms with Crippen molar-refractivity contribution in [2.75, 3.05) is 5.73 Å². The van der Waals surface area contributed by atoms with Gasteiger partial charge in [0.1, 0.15) is 5.82 Å². The fourth-order valence-electron chi connectivity index (χ4n) is 2.03. The number of hydrogen-bond donors (Lipinski definition) is 1. The molecule has 0 amide bonds. The van der Waals surface area contributed by atoms with Crippen LogP contribution in [0.3, 0.4) is 0 Å². The van der Waals surface area contributed by atoms with E-state index in [9.17, 15) is 4.39 Å². The van der Waals surface area contributed by atoms with Crippen LogP contribution in [0.5, 0.6) is 0 Å². The Morgan fingerprint density at radius 2 is 1.95 bits per heavy atom. The first-order chi connectivity index (χ1) is 10.0. The van der Waals surface area contributed by atoms with Crippen LogP contribution < -0.4 is 5.73 Å². The molecule has 3 rings (SSSR count). The van der Waals surface area contributed by atoms with Crippen molar-refractivity contribution in [1.29, 1.82) is 0 Å². The summed E-state index contributed by atoms with van der Waals surface area (Å²) in [5.41, 5.74) is 8.12. The highest BCUT2D eigenvalue weighted by molar-refractivity contribution is 9.10. The number of hydrogen-bond acceptors (Lipinski definition) is 4. The van der Waals surface area contributed by atoms with Crippen molar-refractivity contribution < 1.29 is 8.91 Å². The van der Waals surface area contributed by atoms with Gasteiger partial charge in [-0.3, -0.25) is 0 Å². The van der Waals surface area contributed by atoms with E-state index < -0.39 is 5.82 Å². The molecule has 0 radical (unpaired) electrons. The average molecular weight is 348 g/mol. The fraction of sp³-hybridized carbons (Fsp3) is 0.0667. The second-order valence-corrected chi connectivity index (χ2v) is 5.54. The zero-order valence-electron chi connectivity index (χ0n) is 11.1. The summed E-state index contributed by atoms with van der Waals surface area (Å²) in [4.78, 5) is 4.25. The molecule has 6 heteroatoms. The molecule has 0 unspecified atom stereocenters. The van der Waals surface area contributed by atoms with Gasteiger partial charge in [0.15, 0.2) is 0 Å². The summed E-state index contributed by atoms with van der Waals surface area (Å²) in [6, 6.07) is 9.95. The molecular formula is C15H11BrFN3O. The lowest BCUT2D eigenvalue weighted by Crippen LogP contribution is -1.90. The van der Waals surface area contributed by atoms with Crippen LogP contribution in [0, 0.1) is 12.7 Å². The Hall–Kier alpha value is -2.21. The number of aromatic nitrogens is 2. The summed E-state index contributed by atoms with van der Waals surface area (Å²) in [6.07, 6.45) is 0. The molecule has 0 fully saturated rings. The van der Waals surface area contributed by atoms with Crippen molar-refractivity contribution in [3.05, 3.63) is 52.3 Å². The summed E-state index contributed by atoms with van der Waals surface area (Å²) >= 11 is 3.40. The van der Waals surface area contributed by atoms with Gasteiger partial charge < -0.3 is 10.3 Å². The molecule has 0 saturated heterocycles. The van der Waals surface area contributed by atoms with Crippen molar-refractivity contribution in [2.45, 2.75) is 6.92 Å². The van der Waals surface area contributed by atoms with Gasteiger partial charge >= 0.3 is 0 Å². The highest BCUT2D eigenvalue weighted by Crippen LogP contribution is 2.28. The topological polar surface area (TPSA) is 64.9 Å². The molecule has 0 aliphatic rings. The fourth-order valence-corrected chi connectivity index (χ4v) is 2.50. The molecular weight excluding hydrogens is 337 g/mol. The van der Waals surface area contributed by atoms with Crippen LogP contribution in [0.2, 0.25) is 0 Å². The molecule has 0 aliphatic heterocycles. The van der Waals surface area contributed by atoms with E-state index in [0.29, 0.717) is 11.5 Å². The summed E-state index contributed by atoms with van der Waals surface area (Å²) in [5, 5.41) is 3.92. The highest BCUT2D eigenvalue weighted by Gasteiger charge is 2.15. The van der Waals surface area contributed by atoms with Gasteiger partial charge in [-0.05, 0) is 48.9 Å². The number of benzene rings is 2. The maximum atomic E-state index is 13.8. The summed E-state index contributed by atoms with van der Waals surface area (Å²) in [7, 11) is 0. The number of nitrogens with two attached hydrogens (primary N) is 1. The lowest BCUT2D eigenvalue weighted by molar-refractivity contribution is 0.429. The third kappa shape index (κ3) is 2.67. The van der Waals surface area contributed by atoms with Crippen molar-refractivity contribution in [1.82, 2.24) is 10.1 Å². The molecule has 0 aliphatic carbocycles. The molecule has 106 valence electrons. The first-order valence-electron chi connectivity index (χ1n) is 6.20. The first-order valence-corrected chi connectivity index (χ1v) is 6.99. The third-order valence-corrected chi connectivity index (χ3v) is 3.57. The van der Waals surface area contributed by atoms with Crippen molar-refractivity contribution in [3.8, 4) is 22.8 Å². The van der Waals surface area contributed by atoms with E-state index in [4.69, 9.17) is 10.3 Å². The summed E-state index contributed by atoms with van der Waals surface area (Å²) in [5.74, 6) is 0.0703. The van der Waals surface area contributed by atoms with Gasteiger partial charge in [0.2, 0.25) is 5.82 Å². The Bertz CT molecular complexity index is 816. The van der Waals surface area contributed by atoms with Crippen molar-refractivity contribution in [3.63, 3.8) is 0 Å².